The summed E-state index contributed by atoms with van der Waals surface area (Å²) in [4.78, 5) is 12.6. The van der Waals surface area contributed by atoms with E-state index < -0.39 is 0 Å². The van der Waals surface area contributed by atoms with E-state index in [-0.39, 0.29) is 5.41 Å². The average molecular weight is 260 g/mol. The molecule has 2 heteroatoms. The van der Waals surface area contributed by atoms with Crippen molar-refractivity contribution in [2.45, 2.75) is 51.4 Å². The van der Waals surface area contributed by atoms with Crippen molar-refractivity contribution in [3.8, 4) is 5.75 Å². The maximum absolute atomic E-state index is 12.6. The Labute approximate surface area is 116 Å². The van der Waals surface area contributed by atoms with Crippen LogP contribution < -0.4 is 4.74 Å². The lowest BCUT2D eigenvalue weighted by atomic mass is 9.64. The third kappa shape index (κ3) is 2.68. The number of hydrogen-bond acceptors (Lipinski definition) is 2. The van der Waals surface area contributed by atoms with Gasteiger partial charge in [0, 0.05) is 6.42 Å². The Morgan fingerprint density at radius 3 is 2.63 bits per heavy atom. The Morgan fingerprint density at radius 1 is 1.37 bits per heavy atom. The molecule has 0 spiro atoms. The second kappa shape index (κ2) is 5.77. The van der Waals surface area contributed by atoms with Crippen LogP contribution in [0.4, 0.5) is 0 Å². The van der Waals surface area contributed by atoms with Crippen LogP contribution in [0.1, 0.15) is 51.5 Å². The fraction of sp³-hybridized carbons (Fsp3) is 0.588. The number of ketones is 1. The number of benzene rings is 1. The summed E-state index contributed by atoms with van der Waals surface area (Å²) in [6, 6.07) is 8.07. The molecule has 0 heterocycles. The van der Waals surface area contributed by atoms with Crippen molar-refractivity contribution in [2.24, 2.45) is 5.92 Å². The first kappa shape index (κ1) is 14.1. The molecule has 0 atom stereocenters. The van der Waals surface area contributed by atoms with E-state index in [0.29, 0.717) is 12.2 Å². The molecular weight excluding hydrogens is 236 g/mol. The van der Waals surface area contributed by atoms with Crippen molar-refractivity contribution >= 4 is 5.78 Å². The summed E-state index contributed by atoms with van der Waals surface area (Å²) < 4.78 is 5.31. The first-order chi connectivity index (χ1) is 9.12. The van der Waals surface area contributed by atoms with E-state index in [1.165, 1.54) is 0 Å². The van der Waals surface area contributed by atoms with E-state index >= 15 is 0 Å². The zero-order chi connectivity index (χ0) is 13.9. The Morgan fingerprint density at radius 2 is 2.05 bits per heavy atom. The standard InChI is InChI=1S/C17H24O2/c1-4-16(18)17(10-8-13(2)9-11-17)14-6-5-7-15(12-14)19-3/h5-7,12-13H,4,8-11H2,1-3H3. The van der Waals surface area contributed by atoms with Gasteiger partial charge in [-0.15, -0.1) is 0 Å². The van der Waals surface area contributed by atoms with Crippen LogP contribution in [0.2, 0.25) is 0 Å². The van der Waals surface area contributed by atoms with E-state index in [1.54, 1.807) is 7.11 Å². The van der Waals surface area contributed by atoms with Gasteiger partial charge < -0.3 is 4.74 Å². The van der Waals surface area contributed by atoms with Gasteiger partial charge in [0.05, 0.1) is 12.5 Å². The molecule has 0 radical (unpaired) electrons. The molecule has 0 N–H and O–H groups in total. The van der Waals surface area contributed by atoms with Gasteiger partial charge in [0.25, 0.3) is 0 Å². The zero-order valence-corrected chi connectivity index (χ0v) is 12.2. The molecule has 0 aromatic heterocycles. The summed E-state index contributed by atoms with van der Waals surface area (Å²) in [6.07, 6.45) is 4.86. The second-order valence-electron chi connectivity index (χ2n) is 5.77. The van der Waals surface area contributed by atoms with Gasteiger partial charge in [-0.25, -0.2) is 0 Å². The van der Waals surface area contributed by atoms with Crippen LogP contribution in [0, 0.1) is 5.92 Å². The predicted octanol–water partition coefficient (Wildman–Crippen LogP) is 4.12. The molecule has 0 unspecified atom stereocenters. The van der Waals surface area contributed by atoms with E-state index in [1.807, 2.05) is 25.1 Å². The zero-order valence-electron chi connectivity index (χ0n) is 12.2. The molecule has 1 aromatic rings. The summed E-state index contributed by atoms with van der Waals surface area (Å²) in [5.41, 5.74) is 0.876. The van der Waals surface area contributed by atoms with Gasteiger partial charge >= 0.3 is 0 Å². The fourth-order valence-corrected chi connectivity index (χ4v) is 3.24. The van der Waals surface area contributed by atoms with Crippen LogP contribution in [0.5, 0.6) is 5.75 Å². The highest BCUT2D eigenvalue weighted by atomic mass is 16.5. The molecule has 0 amide bonds. The minimum Gasteiger partial charge on any atom is -0.497 e. The maximum Gasteiger partial charge on any atom is 0.143 e. The number of methoxy groups -OCH3 is 1. The van der Waals surface area contributed by atoms with Crippen molar-refractivity contribution in [1.82, 2.24) is 0 Å². The molecule has 1 aliphatic rings. The third-order valence-corrected chi connectivity index (χ3v) is 4.61. The Hall–Kier alpha value is -1.31. The van der Waals surface area contributed by atoms with Crippen molar-refractivity contribution in [3.05, 3.63) is 29.8 Å². The Bertz CT molecular complexity index is 442. The number of hydrogen-bond donors (Lipinski definition) is 0. The van der Waals surface area contributed by atoms with Gasteiger partial charge in [-0.3, -0.25) is 4.79 Å². The third-order valence-electron chi connectivity index (χ3n) is 4.61. The van der Waals surface area contributed by atoms with Crippen LogP contribution in [-0.2, 0) is 10.2 Å². The Kier molecular flexibility index (Phi) is 4.28. The van der Waals surface area contributed by atoms with Gasteiger partial charge in [0.1, 0.15) is 11.5 Å². The molecular formula is C17H24O2. The minimum atomic E-state index is -0.268. The van der Waals surface area contributed by atoms with Gasteiger partial charge in [-0.2, -0.15) is 0 Å². The molecule has 1 fully saturated rings. The highest BCUT2D eigenvalue weighted by Gasteiger charge is 2.41. The summed E-state index contributed by atoms with van der Waals surface area (Å²) in [6.45, 7) is 4.26. The smallest absolute Gasteiger partial charge is 0.143 e. The van der Waals surface area contributed by atoms with E-state index in [0.717, 1.165) is 42.9 Å². The summed E-state index contributed by atoms with van der Waals surface area (Å²) in [5.74, 6) is 1.97. The average Bonchev–Trinajstić information content (AvgIpc) is 2.47. The lowest BCUT2D eigenvalue weighted by molar-refractivity contribution is -0.125. The van der Waals surface area contributed by atoms with Gasteiger partial charge in [0.15, 0.2) is 0 Å². The SMILES string of the molecule is CCC(=O)C1(c2cccc(OC)c2)CCC(C)CC1. The van der Waals surface area contributed by atoms with E-state index in [2.05, 4.69) is 13.0 Å². The fourth-order valence-electron chi connectivity index (χ4n) is 3.24. The van der Waals surface area contributed by atoms with Gasteiger partial charge in [0.2, 0.25) is 0 Å². The number of carbonyl (C=O) groups excluding carboxylic acids is 1. The molecule has 0 aliphatic heterocycles. The molecule has 1 aromatic carbocycles. The first-order valence-electron chi connectivity index (χ1n) is 7.30. The van der Waals surface area contributed by atoms with Gasteiger partial charge in [-0.05, 0) is 49.3 Å². The Balaban J connectivity index is 2.39. The quantitative estimate of drug-likeness (QED) is 0.814. The molecule has 0 saturated heterocycles. The summed E-state index contributed by atoms with van der Waals surface area (Å²) in [7, 11) is 1.68. The lowest BCUT2D eigenvalue weighted by Crippen LogP contribution is -2.39. The summed E-state index contributed by atoms with van der Waals surface area (Å²) >= 11 is 0. The van der Waals surface area contributed by atoms with E-state index in [9.17, 15) is 4.79 Å². The highest BCUT2D eigenvalue weighted by molar-refractivity contribution is 5.90. The van der Waals surface area contributed by atoms with Crippen LogP contribution in [0.15, 0.2) is 24.3 Å². The van der Waals surface area contributed by atoms with Gasteiger partial charge in [-0.1, -0.05) is 26.0 Å². The second-order valence-corrected chi connectivity index (χ2v) is 5.77. The van der Waals surface area contributed by atoms with Crippen molar-refractivity contribution < 1.29 is 9.53 Å². The van der Waals surface area contributed by atoms with Crippen molar-refractivity contribution in [2.75, 3.05) is 7.11 Å². The molecule has 2 rings (SSSR count). The predicted molar refractivity (Wildman–Crippen MR) is 77.6 cm³/mol. The van der Waals surface area contributed by atoms with Crippen molar-refractivity contribution in [1.29, 1.82) is 0 Å². The van der Waals surface area contributed by atoms with Crippen LogP contribution in [0.3, 0.4) is 0 Å². The maximum atomic E-state index is 12.6. The van der Waals surface area contributed by atoms with Crippen LogP contribution in [-0.4, -0.2) is 12.9 Å². The number of Topliss-reactive ketones (excluding diaryl/α,β-unsaturated/α-hetero) is 1. The molecule has 1 aliphatic carbocycles. The van der Waals surface area contributed by atoms with Crippen LogP contribution in [0.25, 0.3) is 0 Å². The number of carbonyl (C=O) groups is 1. The van der Waals surface area contributed by atoms with Crippen LogP contribution >= 0.6 is 0 Å². The van der Waals surface area contributed by atoms with E-state index in [4.69, 9.17) is 4.74 Å². The first-order valence-corrected chi connectivity index (χ1v) is 7.30. The highest BCUT2D eigenvalue weighted by Crippen LogP contribution is 2.43. The molecule has 104 valence electrons. The molecule has 2 nitrogen and oxygen atoms in total. The summed E-state index contributed by atoms with van der Waals surface area (Å²) in [5, 5.41) is 0. The largest absolute Gasteiger partial charge is 0.497 e. The minimum absolute atomic E-state index is 0.268. The van der Waals surface area contributed by atoms with Crippen molar-refractivity contribution in [3.63, 3.8) is 0 Å². The number of rotatable bonds is 4. The lowest BCUT2D eigenvalue weighted by Gasteiger charge is -2.38. The topological polar surface area (TPSA) is 26.3 Å². The normalized spacial score (nSPS) is 27.0. The molecule has 0 bridgehead atoms. The monoisotopic (exact) mass is 260 g/mol. The number of ether oxygens (including phenoxy) is 1. The molecule has 19 heavy (non-hydrogen) atoms. The molecule has 1 saturated carbocycles.